The molecule has 0 saturated carbocycles. The van der Waals surface area contributed by atoms with Crippen LogP contribution in [0.1, 0.15) is 50.4 Å². The van der Waals surface area contributed by atoms with E-state index in [1.165, 1.54) is 0 Å². The first kappa shape index (κ1) is 18.9. The molecule has 0 saturated heterocycles. The molecule has 0 spiro atoms. The number of hydrogen-bond donors (Lipinski definition) is 1. The predicted molar refractivity (Wildman–Crippen MR) is 91.0 cm³/mol. The van der Waals surface area contributed by atoms with Crippen LogP contribution in [0.2, 0.25) is 0 Å². The van der Waals surface area contributed by atoms with E-state index >= 15 is 0 Å². The molecule has 0 unspecified atom stereocenters. The van der Waals surface area contributed by atoms with Gasteiger partial charge in [-0.3, -0.25) is 4.79 Å². The van der Waals surface area contributed by atoms with Crippen LogP contribution in [-0.4, -0.2) is 43.1 Å². The van der Waals surface area contributed by atoms with Gasteiger partial charge in [-0.25, -0.2) is 9.78 Å². The zero-order chi connectivity index (χ0) is 17.5. The molecule has 0 fully saturated rings. The SMILES string of the molecule is CN(C)c1ncccc1C(=O)CCCCNC(=O)OC(C)(C)C. The number of anilines is 1. The first-order valence-corrected chi connectivity index (χ1v) is 7.83. The molecule has 1 amide bonds. The van der Waals surface area contributed by atoms with Crippen LogP contribution in [0.25, 0.3) is 0 Å². The topological polar surface area (TPSA) is 71.5 Å². The second-order valence-electron chi connectivity index (χ2n) is 6.58. The lowest BCUT2D eigenvalue weighted by Crippen LogP contribution is -2.33. The van der Waals surface area contributed by atoms with Gasteiger partial charge in [0.15, 0.2) is 5.78 Å². The van der Waals surface area contributed by atoms with E-state index in [9.17, 15) is 9.59 Å². The molecule has 0 aromatic carbocycles. The zero-order valence-corrected chi connectivity index (χ0v) is 14.7. The highest BCUT2D eigenvalue weighted by atomic mass is 16.6. The van der Waals surface area contributed by atoms with Crippen molar-refractivity contribution in [2.45, 2.75) is 45.6 Å². The minimum absolute atomic E-state index is 0.0686. The van der Waals surface area contributed by atoms with E-state index in [4.69, 9.17) is 4.74 Å². The fourth-order valence-corrected chi connectivity index (χ4v) is 2.02. The molecule has 1 N–H and O–H groups in total. The molecule has 0 aliphatic heterocycles. The molecule has 128 valence electrons. The highest BCUT2D eigenvalue weighted by molar-refractivity contribution is 6.00. The second kappa shape index (κ2) is 8.50. The van der Waals surface area contributed by atoms with E-state index in [1.54, 1.807) is 18.3 Å². The van der Waals surface area contributed by atoms with Gasteiger partial charge < -0.3 is 15.0 Å². The average molecular weight is 321 g/mol. The van der Waals surface area contributed by atoms with Gasteiger partial charge in [0, 0.05) is 33.3 Å². The normalized spacial score (nSPS) is 11.0. The van der Waals surface area contributed by atoms with Crippen LogP contribution in [0.3, 0.4) is 0 Å². The zero-order valence-electron chi connectivity index (χ0n) is 14.7. The van der Waals surface area contributed by atoms with E-state index in [0.29, 0.717) is 30.8 Å². The molecule has 0 bridgehead atoms. The Morgan fingerprint density at radius 1 is 1.26 bits per heavy atom. The van der Waals surface area contributed by atoms with Crippen molar-refractivity contribution < 1.29 is 14.3 Å². The van der Waals surface area contributed by atoms with Crippen molar-refractivity contribution in [3.05, 3.63) is 23.9 Å². The number of nitrogens with one attached hydrogen (secondary N) is 1. The van der Waals surface area contributed by atoms with Crippen LogP contribution in [0.5, 0.6) is 0 Å². The Morgan fingerprint density at radius 3 is 2.57 bits per heavy atom. The van der Waals surface area contributed by atoms with Crippen molar-refractivity contribution in [2.75, 3.05) is 25.5 Å². The average Bonchev–Trinajstić information content (AvgIpc) is 2.44. The quantitative estimate of drug-likeness (QED) is 0.617. The van der Waals surface area contributed by atoms with Crippen molar-refractivity contribution >= 4 is 17.7 Å². The van der Waals surface area contributed by atoms with E-state index in [1.807, 2.05) is 39.8 Å². The number of nitrogens with zero attached hydrogens (tertiary/aromatic N) is 2. The van der Waals surface area contributed by atoms with Gasteiger partial charge in [0.25, 0.3) is 0 Å². The minimum atomic E-state index is -0.497. The Kier molecular flexibility index (Phi) is 7.00. The Labute approximate surface area is 138 Å². The highest BCUT2D eigenvalue weighted by Gasteiger charge is 2.16. The number of aromatic nitrogens is 1. The van der Waals surface area contributed by atoms with E-state index in [0.717, 1.165) is 6.42 Å². The van der Waals surface area contributed by atoms with Crippen molar-refractivity contribution in [1.29, 1.82) is 0 Å². The fraction of sp³-hybridized carbons (Fsp3) is 0.588. The van der Waals surface area contributed by atoms with Crippen LogP contribution in [-0.2, 0) is 4.74 Å². The molecule has 0 aliphatic rings. The van der Waals surface area contributed by atoms with Crippen molar-refractivity contribution in [2.24, 2.45) is 0 Å². The number of carbonyl (C=O) groups excluding carboxylic acids is 2. The van der Waals surface area contributed by atoms with Gasteiger partial charge in [0.1, 0.15) is 11.4 Å². The first-order valence-electron chi connectivity index (χ1n) is 7.83. The molecule has 1 aromatic heterocycles. The summed E-state index contributed by atoms with van der Waals surface area (Å²) in [7, 11) is 3.73. The largest absolute Gasteiger partial charge is 0.444 e. The number of unbranched alkanes of at least 4 members (excludes halogenated alkanes) is 1. The highest BCUT2D eigenvalue weighted by Crippen LogP contribution is 2.17. The van der Waals surface area contributed by atoms with Crippen LogP contribution in [0.4, 0.5) is 10.6 Å². The van der Waals surface area contributed by atoms with Gasteiger partial charge in [-0.15, -0.1) is 0 Å². The molecule has 23 heavy (non-hydrogen) atoms. The van der Waals surface area contributed by atoms with E-state index in [2.05, 4.69) is 10.3 Å². The van der Waals surface area contributed by atoms with Crippen molar-refractivity contribution in [1.82, 2.24) is 10.3 Å². The van der Waals surface area contributed by atoms with Crippen molar-refractivity contribution in [3.8, 4) is 0 Å². The van der Waals surface area contributed by atoms with Gasteiger partial charge in [-0.2, -0.15) is 0 Å². The van der Waals surface area contributed by atoms with Crippen LogP contribution >= 0.6 is 0 Å². The second-order valence-corrected chi connectivity index (χ2v) is 6.58. The summed E-state index contributed by atoms with van der Waals surface area (Å²) >= 11 is 0. The lowest BCUT2D eigenvalue weighted by molar-refractivity contribution is 0.0527. The summed E-state index contributed by atoms with van der Waals surface area (Å²) in [6.45, 7) is 5.96. The first-order chi connectivity index (χ1) is 10.7. The Bertz CT molecular complexity index is 536. The Balaban J connectivity index is 2.34. The number of hydrogen-bond acceptors (Lipinski definition) is 5. The molecule has 6 nitrogen and oxygen atoms in total. The van der Waals surface area contributed by atoms with Gasteiger partial charge in [0.2, 0.25) is 0 Å². The number of Topliss-reactive ketones (excluding diaryl/α,β-unsaturated/α-hetero) is 1. The molecular weight excluding hydrogens is 294 g/mol. The molecular formula is C17H27N3O3. The van der Waals surface area contributed by atoms with Crippen LogP contribution in [0, 0.1) is 0 Å². The van der Waals surface area contributed by atoms with E-state index in [-0.39, 0.29) is 5.78 Å². The third kappa shape index (κ3) is 7.13. The number of ether oxygens (including phenoxy) is 1. The smallest absolute Gasteiger partial charge is 0.407 e. The molecule has 1 rings (SSSR count). The molecule has 1 aromatic rings. The molecule has 0 aliphatic carbocycles. The maximum atomic E-state index is 12.3. The maximum Gasteiger partial charge on any atom is 0.407 e. The van der Waals surface area contributed by atoms with Gasteiger partial charge >= 0.3 is 6.09 Å². The number of ketones is 1. The standard InChI is InChI=1S/C17H27N3O3/c1-17(2,3)23-16(22)19-11-7-6-10-14(21)13-9-8-12-18-15(13)20(4)5/h8-9,12H,6-7,10-11H2,1-5H3,(H,19,22). The number of alkyl carbamates (subject to hydrolysis) is 1. The summed E-state index contributed by atoms with van der Waals surface area (Å²) in [5, 5.41) is 2.69. The number of pyridine rings is 1. The minimum Gasteiger partial charge on any atom is -0.444 e. The van der Waals surface area contributed by atoms with Gasteiger partial charge in [0.05, 0.1) is 5.56 Å². The number of rotatable bonds is 7. The predicted octanol–water partition coefficient (Wildman–Crippen LogP) is 3.03. The molecule has 6 heteroatoms. The summed E-state index contributed by atoms with van der Waals surface area (Å²) in [4.78, 5) is 29.8. The third-order valence-corrected chi connectivity index (χ3v) is 3.01. The fourth-order valence-electron chi connectivity index (χ4n) is 2.02. The molecule has 1 heterocycles. The summed E-state index contributed by atoms with van der Waals surface area (Å²) < 4.78 is 5.15. The summed E-state index contributed by atoms with van der Waals surface area (Å²) in [6, 6.07) is 3.56. The number of amides is 1. The Morgan fingerprint density at radius 2 is 1.96 bits per heavy atom. The lowest BCUT2D eigenvalue weighted by atomic mass is 10.1. The van der Waals surface area contributed by atoms with Crippen molar-refractivity contribution in [3.63, 3.8) is 0 Å². The van der Waals surface area contributed by atoms with Gasteiger partial charge in [-0.05, 0) is 45.7 Å². The summed E-state index contributed by atoms with van der Waals surface area (Å²) in [5.41, 5.74) is 0.140. The molecule has 0 atom stereocenters. The maximum absolute atomic E-state index is 12.3. The monoisotopic (exact) mass is 321 g/mol. The summed E-state index contributed by atoms with van der Waals surface area (Å²) in [5.74, 6) is 0.753. The third-order valence-electron chi connectivity index (χ3n) is 3.01. The van der Waals surface area contributed by atoms with E-state index < -0.39 is 11.7 Å². The summed E-state index contributed by atoms with van der Waals surface area (Å²) in [6.07, 6.45) is 3.11. The van der Waals surface area contributed by atoms with Crippen LogP contribution in [0.15, 0.2) is 18.3 Å². The van der Waals surface area contributed by atoms with Gasteiger partial charge in [-0.1, -0.05) is 0 Å². The Hall–Kier alpha value is -2.11. The van der Waals surface area contributed by atoms with Crippen LogP contribution < -0.4 is 10.2 Å². The molecule has 0 radical (unpaired) electrons. The number of carbonyl (C=O) groups is 2. The lowest BCUT2D eigenvalue weighted by Gasteiger charge is -2.19.